The summed E-state index contributed by atoms with van der Waals surface area (Å²) in [6, 6.07) is 0. The molecule has 2 heteroatoms. The van der Waals surface area contributed by atoms with Crippen molar-refractivity contribution in [3.63, 3.8) is 0 Å². The summed E-state index contributed by atoms with van der Waals surface area (Å²) >= 11 is 7.85. The SMILES string of the molecule is ClC1=CC2=C(CCS2)CC1. The number of halogens is 1. The maximum atomic E-state index is 5.90. The third-order valence-corrected chi connectivity index (χ3v) is 3.39. The van der Waals surface area contributed by atoms with Gasteiger partial charge in [-0.15, -0.1) is 11.8 Å². The first kappa shape index (κ1) is 6.81. The molecule has 0 unspecified atom stereocenters. The van der Waals surface area contributed by atoms with Crippen molar-refractivity contribution in [2.75, 3.05) is 5.75 Å². The standard InChI is InChI=1S/C8H9ClS/c9-7-2-1-6-3-4-10-8(6)5-7/h5H,1-4H2. The molecular formula is C8H9ClS. The van der Waals surface area contributed by atoms with E-state index in [0.29, 0.717) is 0 Å². The van der Waals surface area contributed by atoms with Gasteiger partial charge in [-0.05, 0) is 25.3 Å². The summed E-state index contributed by atoms with van der Waals surface area (Å²) in [5.74, 6) is 1.27. The normalized spacial score (nSPS) is 24.7. The summed E-state index contributed by atoms with van der Waals surface area (Å²) in [5, 5.41) is 1.04. The minimum absolute atomic E-state index is 1.04. The Bertz CT molecular complexity index is 215. The van der Waals surface area contributed by atoms with E-state index in [4.69, 9.17) is 11.6 Å². The molecule has 0 amide bonds. The second kappa shape index (κ2) is 2.63. The second-order valence-corrected chi connectivity index (χ2v) is 4.28. The lowest BCUT2D eigenvalue weighted by Gasteiger charge is -2.08. The zero-order valence-corrected chi connectivity index (χ0v) is 7.26. The largest absolute Gasteiger partial charge is 0.126 e. The minimum Gasteiger partial charge on any atom is -0.126 e. The van der Waals surface area contributed by atoms with E-state index in [1.807, 2.05) is 11.8 Å². The lowest BCUT2D eigenvalue weighted by molar-refractivity contribution is 0.897. The number of rotatable bonds is 0. The molecule has 1 aliphatic heterocycles. The Kier molecular flexibility index (Phi) is 1.79. The molecule has 0 spiro atoms. The van der Waals surface area contributed by atoms with Gasteiger partial charge in [0.15, 0.2) is 0 Å². The van der Waals surface area contributed by atoms with E-state index in [1.54, 1.807) is 5.57 Å². The second-order valence-electron chi connectivity index (χ2n) is 2.66. The average molecular weight is 173 g/mol. The van der Waals surface area contributed by atoms with Crippen LogP contribution in [0, 0.1) is 0 Å². The highest BCUT2D eigenvalue weighted by Gasteiger charge is 2.17. The Hall–Kier alpha value is 0.120. The summed E-state index contributed by atoms with van der Waals surface area (Å²) in [5.41, 5.74) is 1.63. The molecule has 0 fully saturated rings. The molecule has 1 heterocycles. The van der Waals surface area contributed by atoms with Gasteiger partial charge in [0.2, 0.25) is 0 Å². The maximum Gasteiger partial charge on any atom is 0.0195 e. The molecule has 0 saturated carbocycles. The predicted octanol–water partition coefficient (Wildman–Crippen LogP) is 3.29. The Balaban J connectivity index is 2.29. The summed E-state index contributed by atoms with van der Waals surface area (Å²) in [4.78, 5) is 1.45. The first-order valence-corrected chi connectivity index (χ1v) is 4.93. The molecular weight excluding hydrogens is 164 g/mol. The highest BCUT2D eigenvalue weighted by Crippen LogP contribution is 2.40. The highest BCUT2D eigenvalue weighted by atomic mass is 35.5. The topological polar surface area (TPSA) is 0 Å². The van der Waals surface area contributed by atoms with Crippen molar-refractivity contribution in [1.29, 1.82) is 0 Å². The van der Waals surface area contributed by atoms with Crippen LogP contribution in [0.4, 0.5) is 0 Å². The average Bonchev–Trinajstić information content (AvgIpc) is 2.33. The van der Waals surface area contributed by atoms with E-state index < -0.39 is 0 Å². The van der Waals surface area contributed by atoms with E-state index in [2.05, 4.69) is 6.08 Å². The first-order valence-electron chi connectivity index (χ1n) is 3.57. The van der Waals surface area contributed by atoms with E-state index in [9.17, 15) is 0 Å². The Morgan fingerprint density at radius 1 is 1.30 bits per heavy atom. The molecule has 0 atom stereocenters. The number of hydrogen-bond acceptors (Lipinski definition) is 1. The number of allylic oxidation sites excluding steroid dienone is 3. The van der Waals surface area contributed by atoms with E-state index in [-0.39, 0.29) is 0 Å². The number of hydrogen-bond donors (Lipinski definition) is 0. The Morgan fingerprint density at radius 2 is 2.20 bits per heavy atom. The van der Waals surface area contributed by atoms with Crippen LogP contribution in [0.5, 0.6) is 0 Å². The molecule has 0 aromatic rings. The van der Waals surface area contributed by atoms with Crippen LogP contribution in [0.15, 0.2) is 21.6 Å². The zero-order chi connectivity index (χ0) is 6.97. The molecule has 0 bridgehead atoms. The fourth-order valence-corrected chi connectivity index (χ4v) is 2.86. The van der Waals surface area contributed by atoms with Gasteiger partial charge in [-0.25, -0.2) is 0 Å². The van der Waals surface area contributed by atoms with Crippen LogP contribution in [-0.2, 0) is 0 Å². The lowest BCUT2D eigenvalue weighted by atomic mass is 10.0. The minimum atomic E-state index is 1.04. The van der Waals surface area contributed by atoms with Gasteiger partial charge in [-0.2, -0.15) is 0 Å². The summed E-state index contributed by atoms with van der Waals surface area (Å²) in [6.07, 6.45) is 5.71. The highest BCUT2D eigenvalue weighted by molar-refractivity contribution is 8.03. The van der Waals surface area contributed by atoms with Crippen molar-refractivity contribution in [3.05, 3.63) is 21.6 Å². The summed E-state index contributed by atoms with van der Waals surface area (Å²) in [7, 11) is 0. The zero-order valence-electron chi connectivity index (χ0n) is 5.69. The first-order chi connectivity index (χ1) is 4.86. The molecule has 10 heavy (non-hydrogen) atoms. The third kappa shape index (κ3) is 1.13. The van der Waals surface area contributed by atoms with Crippen LogP contribution >= 0.6 is 23.4 Å². The molecule has 0 radical (unpaired) electrons. The van der Waals surface area contributed by atoms with Gasteiger partial charge in [0.05, 0.1) is 0 Å². The van der Waals surface area contributed by atoms with Crippen molar-refractivity contribution >= 4 is 23.4 Å². The van der Waals surface area contributed by atoms with E-state index in [0.717, 1.165) is 11.5 Å². The molecule has 0 aromatic carbocycles. The van der Waals surface area contributed by atoms with E-state index in [1.165, 1.54) is 23.5 Å². The molecule has 2 aliphatic rings. The van der Waals surface area contributed by atoms with Crippen LogP contribution in [-0.4, -0.2) is 5.75 Å². The van der Waals surface area contributed by atoms with Crippen LogP contribution < -0.4 is 0 Å². The maximum absolute atomic E-state index is 5.90. The van der Waals surface area contributed by atoms with E-state index >= 15 is 0 Å². The van der Waals surface area contributed by atoms with Crippen LogP contribution in [0.2, 0.25) is 0 Å². The van der Waals surface area contributed by atoms with Crippen molar-refractivity contribution in [2.45, 2.75) is 19.3 Å². The molecule has 2 rings (SSSR count). The van der Waals surface area contributed by atoms with Crippen LogP contribution in [0.3, 0.4) is 0 Å². The van der Waals surface area contributed by atoms with Crippen LogP contribution in [0.25, 0.3) is 0 Å². The van der Waals surface area contributed by atoms with Gasteiger partial charge >= 0.3 is 0 Å². The number of thioether (sulfide) groups is 1. The summed E-state index contributed by atoms with van der Waals surface area (Å²) in [6.45, 7) is 0. The van der Waals surface area contributed by atoms with Gasteiger partial charge in [0.25, 0.3) is 0 Å². The monoisotopic (exact) mass is 172 g/mol. The Labute approximate surface area is 70.3 Å². The third-order valence-electron chi connectivity index (χ3n) is 1.96. The molecule has 0 N–H and O–H groups in total. The fraction of sp³-hybridized carbons (Fsp3) is 0.500. The molecule has 1 aliphatic carbocycles. The van der Waals surface area contributed by atoms with Crippen LogP contribution in [0.1, 0.15) is 19.3 Å². The van der Waals surface area contributed by atoms with Gasteiger partial charge in [-0.3, -0.25) is 0 Å². The smallest absolute Gasteiger partial charge is 0.0195 e. The van der Waals surface area contributed by atoms with Gasteiger partial charge in [0, 0.05) is 15.7 Å². The van der Waals surface area contributed by atoms with Gasteiger partial charge in [-0.1, -0.05) is 17.2 Å². The molecule has 0 aromatic heterocycles. The van der Waals surface area contributed by atoms with Crippen molar-refractivity contribution in [1.82, 2.24) is 0 Å². The fourth-order valence-electron chi connectivity index (χ4n) is 1.39. The van der Waals surface area contributed by atoms with Crippen molar-refractivity contribution in [3.8, 4) is 0 Å². The molecule has 0 saturated heterocycles. The molecule has 0 nitrogen and oxygen atoms in total. The quantitative estimate of drug-likeness (QED) is 0.541. The molecule has 54 valence electrons. The van der Waals surface area contributed by atoms with Gasteiger partial charge in [0.1, 0.15) is 0 Å². The summed E-state index contributed by atoms with van der Waals surface area (Å²) < 4.78 is 0. The Morgan fingerprint density at radius 3 is 3.10 bits per heavy atom. The van der Waals surface area contributed by atoms with Crippen molar-refractivity contribution < 1.29 is 0 Å². The lowest BCUT2D eigenvalue weighted by Crippen LogP contribution is -1.89. The van der Waals surface area contributed by atoms with Gasteiger partial charge < -0.3 is 0 Å². The predicted molar refractivity (Wildman–Crippen MR) is 47.3 cm³/mol. The van der Waals surface area contributed by atoms with Crippen molar-refractivity contribution in [2.24, 2.45) is 0 Å².